The molecule has 76 valence electrons. The summed E-state index contributed by atoms with van der Waals surface area (Å²) in [6.07, 6.45) is 2.42. The molecule has 8 nitrogen and oxygen atoms in total. The molecular weight excluding hydrogens is 204 g/mol. The lowest BCUT2D eigenvalue weighted by Crippen LogP contribution is -2.05. The quantitative estimate of drug-likeness (QED) is 0.562. The highest BCUT2D eigenvalue weighted by atomic mass is 16.6. The summed E-state index contributed by atoms with van der Waals surface area (Å²) in [6.45, 7) is 0. The van der Waals surface area contributed by atoms with Crippen molar-refractivity contribution in [2.24, 2.45) is 0 Å². The molecule has 0 amide bonds. The van der Waals surface area contributed by atoms with Crippen molar-refractivity contribution in [1.82, 2.24) is 14.6 Å². The van der Waals surface area contributed by atoms with Gasteiger partial charge in [0.15, 0.2) is 0 Å². The van der Waals surface area contributed by atoms with Crippen LogP contribution in [0.3, 0.4) is 0 Å². The van der Waals surface area contributed by atoms with E-state index in [1.807, 2.05) is 0 Å². The third-order valence-corrected chi connectivity index (χ3v) is 1.84. The molecule has 0 bridgehead atoms. The number of carboxylic acid groups (broad SMARTS) is 1. The average Bonchev–Trinajstić information content (AvgIpc) is 2.62. The van der Waals surface area contributed by atoms with Crippen LogP contribution in [-0.2, 0) is 0 Å². The van der Waals surface area contributed by atoms with Crippen LogP contribution in [0.4, 0.5) is 5.69 Å². The van der Waals surface area contributed by atoms with Crippen molar-refractivity contribution in [3.05, 3.63) is 34.3 Å². The Bertz CT molecular complexity index is 561. The largest absolute Gasteiger partial charge is 0.477 e. The third kappa shape index (κ3) is 1.27. The Kier molecular flexibility index (Phi) is 1.82. The molecule has 2 aromatic heterocycles. The molecule has 1 N–H and O–H groups in total. The van der Waals surface area contributed by atoms with Crippen LogP contribution < -0.4 is 0 Å². The molecule has 0 aromatic carbocycles. The fourth-order valence-corrected chi connectivity index (χ4v) is 1.23. The summed E-state index contributed by atoms with van der Waals surface area (Å²) in [4.78, 5) is 24.3. The lowest BCUT2D eigenvalue weighted by atomic mass is 10.2. The predicted molar refractivity (Wildman–Crippen MR) is 46.6 cm³/mol. The molecule has 0 saturated carbocycles. The van der Waals surface area contributed by atoms with Crippen LogP contribution in [0.15, 0.2) is 18.6 Å². The first-order chi connectivity index (χ1) is 7.11. The smallest absolute Gasteiger partial charge is 0.342 e. The number of nitrogens with zero attached hydrogens (tertiary/aromatic N) is 4. The molecule has 0 radical (unpaired) electrons. The SMILES string of the molecule is O=C(O)c1ccn2ncnc2c1[N+](=O)[O-]. The van der Waals surface area contributed by atoms with Crippen molar-refractivity contribution in [3.8, 4) is 0 Å². The molecule has 0 aliphatic heterocycles. The van der Waals surface area contributed by atoms with Gasteiger partial charge in [0.1, 0.15) is 11.9 Å². The van der Waals surface area contributed by atoms with Gasteiger partial charge in [0.25, 0.3) is 0 Å². The Labute approximate surface area is 81.9 Å². The normalized spacial score (nSPS) is 10.4. The van der Waals surface area contributed by atoms with E-state index in [4.69, 9.17) is 5.11 Å². The summed E-state index contributed by atoms with van der Waals surface area (Å²) in [6, 6.07) is 1.11. The highest BCUT2D eigenvalue weighted by Crippen LogP contribution is 2.22. The van der Waals surface area contributed by atoms with Gasteiger partial charge >= 0.3 is 11.7 Å². The van der Waals surface area contributed by atoms with Crippen molar-refractivity contribution in [2.75, 3.05) is 0 Å². The van der Waals surface area contributed by atoms with Crippen LogP contribution in [0.2, 0.25) is 0 Å². The number of hydrogen-bond donors (Lipinski definition) is 1. The molecule has 2 aromatic rings. The summed E-state index contributed by atoms with van der Waals surface area (Å²) in [5.74, 6) is -1.37. The second-order valence-corrected chi connectivity index (χ2v) is 2.67. The van der Waals surface area contributed by atoms with E-state index in [0.717, 1.165) is 16.9 Å². The van der Waals surface area contributed by atoms with E-state index in [1.54, 1.807) is 0 Å². The monoisotopic (exact) mass is 208 g/mol. The standard InChI is InChI=1S/C7H4N4O4/c12-7(13)4-1-2-10-6(8-3-9-10)5(4)11(14)15/h1-3H,(H,12,13). The fraction of sp³-hybridized carbons (Fsp3) is 0. The Morgan fingerprint density at radius 2 is 2.33 bits per heavy atom. The van der Waals surface area contributed by atoms with Gasteiger partial charge in [-0.3, -0.25) is 10.1 Å². The van der Waals surface area contributed by atoms with Crippen molar-refractivity contribution < 1.29 is 14.8 Å². The van der Waals surface area contributed by atoms with Crippen molar-refractivity contribution in [3.63, 3.8) is 0 Å². The van der Waals surface area contributed by atoms with Crippen molar-refractivity contribution in [2.45, 2.75) is 0 Å². The number of rotatable bonds is 2. The Hall–Kier alpha value is -2.51. The van der Waals surface area contributed by atoms with Gasteiger partial charge < -0.3 is 5.11 Å². The zero-order valence-corrected chi connectivity index (χ0v) is 7.19. The highest BCUT2D eigenvalue weighted by Gasteiger charge is 2.25. The Morgan fingerprint density at radius 1 is 1.60 bits per heavy atom. The number of pyridine rings is 1. The number of aromatic carboxylic acids is 1. The molecule has 0 atom stereocenters. The minimum atomic E-state index is -1.37. The van der Waals surface area contributed by atoms with E-state index in [2.05, 4.69) is 10.1 Å². The minimum absolute atomic E-state index is 0.0834. The Morgan fingerprint density at radius 3 is 2.93 bits per heavy atom. The van der Waals surface area contributed by atoms with E-state index in [9.17, 15) is 14.9 Å². The third-order valence-electron chi connectivity index (χ3n) is 1.84. The minimum Gasteiger partial charge on any atom is -0.477 e. The number of carbonyl (C=O) groups is 1. The molecule has 8 heteroatoms. The van der Waals surface area contributed by atoms with Gasteiger partial charge in [-0.1, -0.05) is 0 Å². The van der Waals surface area contributed by atoms with Crippen LogP contribution in [0.25, 0.3) is 5.65 Å². The van der Waals surface area contributed by atoms with Crippen LogP contribution in [0.1, 0.15) is 10.4 Å². The summed E-state index contributed by atoms with van der Waals surface area (Å²) < 4.78 is 1.14. The van der Waals surface area contributed by atoms with E-state index < -0.39 is 22.1 Å². The maximum Gasteiger partial charge on any atom is 0.342 e. The maximum absolute atomic E-state index is 10.7. The zero-order valence-electron chi connectivity index (χ0n) is 7.19. The molecule has 0 unspecified atom stereocenters. The zero-order chi connectivity index (χ0) is 11.0. The summed E-state index contributed by atoms with van der Waals surface area (Å²) >= 11 is 0. The number of aromatic nitrogens is 3. The molecular formula is C7H4N4O4. The average molecular weight is 208 g/mol. The van der Waals surface area contributed by atoms with Gasteiger partial charge in [-0.25, -0.2) is 14.3 Å². The molecule has 15 heavy (non-hydrogen) atoms. The lowest BCUT2D eigenvalue weighted by molar-refractivity contribution is -0.383. The number of hydrogen-bond acceptors (Lipinski definition) is 5. The highest BCUT2D eigenvalue weighted by molar-refractivity contribution is 5.95. The number of nitro groups is 1. The van der Waals surface area contributed by atoms with E-state index in [1.165, 1.54) is 6.20 Å². The predicted octanol–water partition coefficient (Wildman–Crippen LogP) is 0.336. The lowest BCUT2D eigenvalue weighted by Gasteiger charge is -1.98. The first-order valence-corrected chi connectivity index (χ1v) is 3.81. The second kappa shape index (κ2) is 3.01. The molecule has 0 saturated heterocycles. The first-order valence-electron chi connectivity index (χ1n) is 3.81. The molecule has 0 aliphatic carbocycles. The van der Waals surface area contributed by atoms with Crippen molar-refractivity contribution >= 4 is 17.3 Å². The van der Waals surface area contributed by atoms with E-state index in [0.29, 0.717) is 0 Å². The van der Waals surface area contributed by atoms with Gasteiger partial charge in [0, 0.05) is 6.20 Å². The van der Waals surface area contributed by atoms with Crippen LogP contribution in [0.5, 0.6) is 0 Å². The summed E-state index contributed by atoms with van der Waals surface area (Å²) in [5, 5.41) is 23.1. The van der Waals surface area contributed by atoms with E-state index >= 15 is 0 Å². The van der Waals surface area contributed by atoms with Gasteiger partial charge in [-0.2, -0.15) is 5.10 Å². The second-order valence-electron chi connectivity index (χ2n) is 2.67. The number of fused-ring (bicyclic) bond motifs is 1. The van der Waals surface area contributed by atoms with Gasteiger partial charge in [-0.05, 0) is 6.07 Å². The topological polar surface area (TPSA) is 111 Å². The van der Waals surface area contributed by atoms with Gasteiger partial charge in [0.05, 0.1) is 4.92 Å². The molecule has 0 spiro atoms. The van der Waals surface area contributed by atoms with Gasteiger partial charge in [-0.15, -0.1) is 0 Å². The van der Waals surface area contributed by atoms with E-state index in [-0.39, 0.29) is 5.65 Å². The summed E-state index contributed by atoms with van der Waals surface area (Å²) in [7, 11) is 0. The summed E-state index contributed by atoms with van der Waals surface area (Å²) in [5.41, 5.74) is -1.04. The van der Waals surface area contributed by atoms with Crippen LogP contribution in [-0.4, -0.2) is 30.6 Å². The fourth-order valence-electron chi connectivity index (χ4n) is 1.23. The van der Waals surface area contributed by atoms with Gasteiger partial charge in [0.2, 0.25) is 5.65 Å². The Balaban J connectivity index is 2.87. The first kappa shape index (κ1) is 9.06. The van der Waals surface area contributed by atoms with Crippen LogP contribution >= 0.6 is 0 Å². The molecule has 0 aliphatic rings. The molecule has 0 fully saturated rings. The maximum atomic E-state index is 10.7. The van der Waals surface area contributed by atoms with Crippen molar-refractivity contribution in [1.29, 1.82) is 0 Å². The van der Waals surface area contributed by atoms with Crippen LogP contribution in [0, 0.1) is 10.1 Å². The number of carboxylic acids is 1. The molecule has 2 heterocycles. The molecule has 2 rings (SSSR count).